The van der Waals surface area contributed by atoms with Gasteiger partial charge in [0.1, 0.15) is 17.7 Å². The summed E-state index contributed by atoms with van der Waals surface area (Å²) in [5.74, 6) is 0.807. The molecule has 1 aromatic carbocycles. The second-order valence-electron chi connectivity index (χ2n) is 8.48. The second-order valence-corrected chi connectivity index (χ2v) is 8.48. The van der Waals surface area contributed by atoms with Gasteiger partial charge in [0.15, 0.2) is 0 Å². The summed E-state index contributed by atoms with van der Waals surface area (Å²) < 4.78 is 16.8. The number of hydrogen-bond donors (Lipinski definition) is 2. The molecule has 3 aromatic rings. The third-order valence-corrected chi connectivity index (χ3v) is 6.54. The first-order valence-electron chi connectivity index (χ1n) is 10.8. The number of aryl methyl sites for hydroxylation is 1. The standard InChI is InChI=1S/C23H27FN6O/c1-3-30(20-9-16-5-7-18(28-16)23(20)24)22-12-25-19(11-26-22)17-6-4-14(8-21(17)31)15-10-27-29(2)13-15/h4,6,8,10-13,16,18,20,23,28,31H,3,5,7,9H2,1-2H3/t16?,18?,20-,23+/m1/s1. The fourth-order valence-electron chi connectivity index (χ4n) is 4.95. The number of phenols is 1. The highest BCUT2D eigenvalue weighted by atomic mass is 19.1. The number of aromatic hydroxyl groups is 1. The SMILES string of the molecule is CCN(c1cnc(-c2ccc(-c3cnn(C)c3)cc2O)cn1)[C@@H]1CC2CCC(N2)[C@@H]1F. The topological polar surface area (TPSA) is 79.1 Å². The maximum atomic E-state index is 15.0. The zero-order valence-corrected chi connectivity index (χ0v) is 17.7. The van der Waals surface area contributed by atoms with Crippen molar-refractivity contribution in [3.8, 4) is 28.1 Å². The lowest BCUT2D eigenvalue weighted by Crippen LogP contribution is -2.56. The lowest BCUT2D eigenvalue weighted by atomic mass is 9.96. The number of anilines is 1. The van der Waals surface area contributed by atoms with Crippen LogP contribution in [0, 0.1) is 0 Å². The van der Waals surface area contributed by atoms with E-state index in [0.29, 0.717) is 29.7 Å². The average molecular weight is 423 g/mol. The molecule has 2 aliphatic heterocycles. The highest BCUT2D eigenvalue weighted by molar-refractivity contribution is 5.73. The molecule has 2 unspecified atom stereocenters. The molecule has 2 bridgehead atoms. The molecule has 5 rings (SSSR count). The first kappa shape index (κ1) is 19.9. The number of halogens is 1. The van der Waals surface area contributed by atoms with Gasteiger partial charge in [0.05, 0.1) is 30.3 Å². The van der Waals surface area contributed by atoms with Crippen molar-refractivity contribution in [1.82, 2.24) is 25.1 Å². The van der Waals surface area contributed by atoms with Gasteiger partial charge >= 0.3 is 0 Å². The van der Waals surface area contributed by atoms with E-state index >= 15 is 4.39 Å². The Morgan fingerprint density at radius 2 is 2.06 bits per heavy atom. The second kappa shape index (κ2) is 7.92. The number of phenolic OH excluding ortho intramolecular Hbond substituents is 1. The maximum absolute atomic E-state index is 15.0. The summed E-state index contributed by atoms with van der Waals surface area (Å²) in [6.07, 6.45) is 8.80. The number of hydrogen-bond acceptors (Lipinski definition) is 6. The highest BCUT2D eigenvalue weighted by Crippen LogP contribution is 2.35. The Morgan fingerprint density at radius 1 is 1.19 bits per heavy atom. The number of alkyl halides is 1. The van der Waals surface area contributed by atoms with Crippen LogP contribution in [0.4, 0.5) is 10.2 Å². The van der Waals surface area contributed by atoms with Crippen molar-refractivity contribution in [3.05, 3.63) is 43.0 Å². The molecule has 0 amide bonds. The van der Waals surface area contributed by atoms with Gasteiger partial charge in [-0.2, -0.15) is 5.10 Å². The fourth-order valence-corrected chi connectivity index (χ4v) is 4.95. The predicted octanol–water partition coefficient (Wildman–Crippen LogP) is 3.31. The number of nitrogens with one attached hydrogen (secondary N) is 1. The molecule has 2 fully saturated rings. The van der Waals surface area contributed by atoms with E-state index in [-0.39, 0.29) is 17.8 Å². The Labute approximate surface area is 180 Å². The summed E-state index contributed by atoms with van der Waals surface area (Å²) >= 11 is 0. The molecule has 2 aliphatic rings. The lowest BCUT2D eigenvalue weighted by molar-refractivity contribution is 0.173. The van der Waals surface area contributed by atoms with Gasteiger partial charge in [0, 0.05) is 43.0 Å². The summed E-state index contributed by atoms with van der Waals surface area (Å²) in [6.45, 7) is 2.69. The van der Waals surface area contributed by atoms with Crippen LogP contribution in [0.2, 0.25) is 0 Å². The summed E-state index contributed by atoms with van der Waals surface area (Å²) in [5, 5.41) is 18.1. The van der Waals surface area contributed by atoms with Crippen LogP contribution in [0.5, 0.6) is 5.75 Å². The third kappa shape index (κ3) is 3.65. The van der Waals surface area contributed by atoms with Gasteiger partial charge in [0.25, 0.3) is 0 Å². The van der Waals surface area contributed by atoms with Gasteiger partial charge in [-0.25, -0.2) is 9.37 Å². The van der Waals surface area contributed by atoms with Crippen LogP contribution < -0.4 is 10.2 Å². The predicted molar refractivity (Wildman–Crippen MR) is 118 cm³/mol. The van der Waals surface area contributed by atoms with E-state index in [1.54, 1.807) is 29.3 Å². The van der Waals surface area contributed by atoms with Crippen molar-refractivity contribution in [2.45, 2.75) is 50.5 Å². The van der Waals surface area contributed by atoms with Crippen molar-refractivity contribution in [1.29, 1.82) is 0 Å². The van der Waals surface area contributed by atoms with Crippen LogP contribution in [-0.2, 0) is 7.05 Å². The molecule has 2 aromatic heterocycles. The smallest absolute Gasteiger partial charge is 0.147 e. The van der Waals surface area contributed by atoms with Crippen LogP contribution in [0.3, 0.4) is 0 Å². The summed E-state index contributed by atoms with van der Waals surface area (Å²) in [4.78, 5) is 11.2. The molecular formula is C23H27FN6O. The minimum atomic E-state index is -0.913. The molecule has 4 atom stereocenters. The molecule has 0 spiro atoms. The Kier molecular flexibility index (Phi) is 5.09. The molecule has 4 heterocycles. The van der Waals surface area contributed by atoms with Gasteiger partial charge < -0.3 is 15.3 Å². The molecule has 8 heteroatoms. The van der Waals surface area contributed by atoms with E-state index in [1.165, 1.54) is 0 Å². The number of nitrogens with zero attached hydrogens (tertiary/aromatic N) is 5. The molecular weight excluding hydrogens is 395 g/mol. The van der Waals surface area contributed by atoms with Crippen molar-refractivity contribution in [2.75, 3.05) is 11.4 Å². The number of benzene rings is 1. The zero-order chi connectivity index (χ0) is 21.5. The number of aromatic nitrogens is 4. The van der Waals surface area contributed by atoms with Crippen molar-refractivity contribution in [2.24, 2.45) is 7.05 Å². The van der Waals surface area contributed by atoms with Crippen LogP contribution in [0.25, 0.3) is 22.4 Å². The highest BCUT2D eigenvalue weighted by Gasteiger charge is 2.44. The number of piperidine rings is 1. The third-order valence-electron chi connectivity index (χ3n) is 6.54. The monoisotopic (exact) mass is 422 g/mol. The largest absolute Gasteiger partial charge is 0.507 e. The number of rotatable bonds is 5. The molecule has 7 nitrogen and oxygen atoms in total. The molecule has 162 valence electrons. The van der Waals surface area contributed by atoms with E-state index in [4.69, 9.17) is 0 Å². The van der Waals surface area contributed by atoms with Crippen molar-refractivity contribution < 1.29 is 9.50 Å². The minimum absolute atomic E-state index is 0.0553. The first-order chi connectivity index (χ1) is 15.0. The minimum Gasteiger partial charge on any atom is -0.507 e. The maximum Gasteiger partial charge on any atom is 0.147 e. The zero-order valence-electron chi connectivity index (χ0n) is 17.7. The quantitative estimate of drug-likeness (QED) is 0.657. The van der Waals surface area contributed by atoms with Crippen LogP contribution in [0.1, 0.15) is 26.2 Å². The van der Waals surface area contributed by atoms with Gasteiger partial charge in [-0.1, -0.05) is 6.07 Å². The number of fused-ring (bicyclic) bond motifs is 2. The molecule has 0 aliphatic carbocycles. The Bertz CT molecular complexity index is 1070. The molecule has 2 saturated heterocycles. The Balaban J connectivity index is 1.38. The normalized spacial score (nSPS) is 25.0. The van der Waals surface area contributed by atoms with E-state index in [0.717, 1.165) is 30.4 Å². The van der Waals surface area contributed by atoms with Gasteiger partial charge in [-0.05, 0) is 43.9 Å². The van der Waals surface area contributed by atoms with Crippen LogP contribution in [-0.4, -0.2) is 55.7 Å². The lowest BCUT2D eigenvalue weighted by Gasteiger charge is -2.40. The van der Waals surface area contributed by atoms with Gasteiger partial charge in [-0.3, -0.25) is 9.67 Å². The van der Waals surface area contributed by atoms with Crippen molar-refractivity contribution in [3.63, 3.8) is 0 Å². The molecule has 31 heavy (non-hydrogen) atoms. The summed E-state index contributed by atoms with van der Waals surface area (Å²) in [7, 11) is 1.86. The van der Waals surface area contributed by atoms with Crippen LogP contribution in [0.15, 0.2) is 43.0 Å². The van der Waals surface area contributed by atoms with Gasteiger partial charge in [-0.15, -0.1) is 0 Å². The molecule has 2 N–H and O–H groups in total. The molecule has 0 radical (unpaired) electrons. The van der Waals surface area contributed by atoms with E-state index < -0.39 is 6.17 Å². The van der Waals surface area contributed by atoms with Crippen LogP contribution >= 0.6 is 0 Å². The first-order valence-corrected chi connectivity index (χ1v) is 10.8. The molecule has 0 saturated carbocycles. The van der Waals surface area contributed by atoms with E-state index in [9.17, 15) is 5.11 Å². The Hall–Kier alpha value is -3.00. The summed E-state index contributed by atoms with van der Waals surface area (Å²) in [6, 6.07) is 5.62. The van der Waals surface area contributed by atoms with Crippen molar-refractivity contribution >= 4 is 5.82 Å². The average Bonchev–Trinajstić information content (AvgIpc) is 3.39. The summed E-state index contributed by atoms with van der Waals surface area (Å²) in [5.41, 5.74) is 3.00. The van der Waals surface area contributed by atoms with Gasteiger partial charge in [0.2, 0.25) is 0 Å². The Morgan fingerprint density at radius 3 is 2.74 bits per heavy atom. The fraction of sp³-hybridized carbons (Fsp3) is 0.435. The van der Waals surface area contributed by atoms with E-state index in [2.05, 4.69) is 20.4 Å². The van der Waals surface area contributed by atoms with E-state index in [1.807, 2.05) is 37.2 Å².